The van der Waals surface area contributed by atoms with Gasteiger partial charge in [0.1, 0.15) is 18.3 Å². The summed E-state index contributed by atoms with van der Waals surface area (Å²) in [5.41, 5.74) is 0.459. The molecule has 0 radical (unpaired) electrons. The monoisotopic (exact) mass is 379 g/mol. The van der Waals surface area contributed by atoms with Crippen molar-refractivity contribution in [1.82, 2.24) is 5.32 Å². The van der Waals surface area contributed by atoms with Crippen LogP contribution in [0.25, 0.3) is 0 Å². The smallest absolute Gasteiger partial charge is 0.252 e. The summed E-state index contributed by atoms with van der Waals surface area (Å²) in [6.45, 7) is 1.43. The first-order chi connectivity index (χ1) is 11.4. The molecule has 1 heterocycles. The van der Waals surface area contributed by atoms with Crippen LogP contribution >= 0.6 is 23.2 Å². The molecule has 1 aromatic carbocycles. The highest BCUT2D eigenvalue weighted by atomic mass is 35.5. The molecule has 1 aliphatic heterocycles. The van der Waals surface area contributed by atoms with Crippen LogP contribution in [0.4, 0.5) is 0 Å². The topological polar surface area (TPSA) is 108 Å². The molecular formula is C15H19Cl2NO6. The fourth-order valence-electron chi connectivity index (χ4n) is 2.37. The number of amides is 1. The molecule has 134 valence electrons. The Morgan fingerprint density at radius 2 is 2.04 bits per heavy atom. The molecule has 4 N–H and O–H groups in total. The summed E-state index contributed by atoms with van der Waals surface area (Å²) >= 11 is 11.8. The maximum absolute atomic E-state index is 12.1. The molecule has 0 bridgehead atoms. The first kappa shape index (κ1) is 19.4. The first-order valence-electron chi connectivity index (χ1n) is 7.39. The van der Waals surface area contributed by atoms with Gasteiger partial charge in [-0.2, -0.15) is 0 Å². The molecule has 0 saturated carbocycles. The normalized spacial score (nSPS) is 28.4. The Morgan fingerprint density at radius 3 is 2.62 bits per heavy atom. The van der Waals surface area contributed by atoms with E-state index in [4.69, 9.17) is 37.8 Å². The fourth-order valence-corrected chi connectivity index (χ4v) is 2.68. The van der Waals surface area contributed by atoms with Gasteiger partial charge in [0.2, 0.25) is 0 Å². The zero-order valence-corrected chi connectivity index (χ0v) is 14.4. The van der Waals surface area contributed by atoms with Gasteiger partial charge in [0, 0.05) is 12.1 Å². The van der Waals surface area contributed by atoms with Crippen molar-refractivity contribution >= 4 is 29.1 Å². The molecule has 0 aromatic heterocycles. The number of halogens is 2. The average Bonchev–Trinajstić information content (AvgIpc) is 2.57. The van der Waals surface area contributed by atoms with Crippen molar-refractivity contribution in [3.05, 3.63) is 33.8 Å². The van der Waals surface area contributed by atoms with E-state index in [9.17, 15) is 15.0 Å². The fraction of sp³-hybridized carbons (Fsp3) is 0.533. The van der Waals surface area contributed by atoms with Crippen molar-refractivity contribution in [2.45, 2.75) is 37.6 Å². The number of hydrogen-bond acceptors (Lipinski definition) is 6. The number of carbonyl (C=O) groups is 1. The van der Waals surface area contributed by atoms with E-state index in [0.29, 0.717) is 17.1 Å². The van der Waals surface area contributed by atoms with Crippen LogP contribution in [0.3, 0.4) is 0 Å². The van der Waals surface area contributed by atoms with Gasteiger partial charge in [0.25, 0.3) is 5.91 Å². The standard InChI is InChI=1S/C15H19Cl2NO6/c1-2-18-14(22)13-11(21)12(10(20)6-19)23-15(24-13)7-3-4-8(16)9(17)5-7/h3-5,10-13,15,19-21H,2,6H2,1H3,(H,18,22)/t10-,11+,12-,13-,15?/m0/s1. The Kier molecular flexibility index (Phi) is 6.82. The highest BCUT2D eigenvalue weighted by Crippen LogP contribution is 2.34. The van der Waals surface area contributed by atoms with Gasteiger partial charge in [-0.25, -0.2) is 0 Å². The summed E-state index contributed by atoms with van der Waals surface area (Å²) in [5, 5.41) is 32.4. The van der Waals surface area contributed by atoms with Gasteiger partial charge >= 0.3 is 0 Å². The number of rotatable bonds is 5. The molecule has 9 heteroatoms. The van der Waals surface area contributed by atoms with Crippen molar-refractivity contribution in [3.63, 3.8) is 0 Å². The lowest BCUT2D eigenvalue weighted by Crippen LogP contribution is -2.58. The third-order valence-corrected chi connectivity index (χ3v) is 4.33. The molecule has 1 aliphatic rings. The van der Waals surface area contributed by atoms with E-state index in [1.165, 1.54) is 12.1 Å². The highest BCUT2D eigenvalue weighted by Gasteiger charge is 2.45. The van der Waals surface area contributed by atoms with Crippen LogP contribution in [0.15, 0.2) is 18.2 Å². The number of carbonyl (C=O) groups excluding carboxylic acids is 1. The summed E-state index contributed by atoms with van der Waals surface area (Å²) < 4.78 is 11.1. The lowest BCUT2D eigenvalue weighted by Gasteiger charge is -2.40. The molecular weight excluding hydrogens is 361 g/mol. The predicted molar refractivity (Wildman–Crippen MR) is 86.7 cm³/mol. The van der Waals surface area contributed by atoms with E-state index < -0.39 is 43.2 Å². The minimum Gasteiger partial charge on any atom is -0.394 e. The summed E-state index contributed by atoms with van der Waals surface area (Å²) in [7, 11) is 0. The zero-order valence-electron chi connectivity index (χ0n) is 12.9. The number of benzene rings is 1. The molecule has 1 amide bonds. The van der Waals surface area contributed by atoms with Crippen LogP contribution in [0.2, 0.25) is 10.0 Å². The summed E-state index contributed by atoms with van der Waals surface area (Å²) in [6, 6.07) is 4.63. The van der Waals surface area contributed by atoms with E-state index in [1.807, 2.05) is 0 Å². The Hall–Kier alpha value is -0.930. The number of ether oxygens (including phenoxy) is 2. The van der Waals surface area contributed by atoms with E-state index in [0.717, 1.165) is 0 Å². The Bertz CT molecular complexity index is 587. The molecule has 7 nitrogen and oxygen atoms in total. The lowest BCUT2D eigenvalue weighted by atomic mass is 10.00. The number of aliphatic hydroxyl groups excluding tert-OH is 3. The maximum atomic E-state index is 12.1. The first-order valence-corrected chi connectivity index (χ1v) is 8.15. The van der Waals surface area contributed by atoms with Crippen molar-refractivity contribution in [2.75, 3.05) is 13.2 Å². The van der Waals surface area contributed by atoms with Gasteiger partial charge in [0.15, 0.2) is 12.4 Å². The molecule has 0 spiro atoms. The summed E-state index contributed by atoms with van der Waals surface area (Å²) in [6.07, 6.45) is -6.38. The van der Waals surface area contributed by atoms with Crippen molar-refractivity contribution < 1.29 is 29.6 Å². The molecule has 1 unspecified atom stereocenters. The minimum absolute atomic E-state index is 0.265. The third kappa shape index (κ3) is 4.18. The predicted octanol–water partition coefficient (Wildman–Crippen LogP) is 0.626. The van der Waals surface area contributed by atoms with Gasteiger partial charge in [0.05, 0.1) is 16.7 Å². The second-order valence-corrected chi connectivity index (χ2v) is 6.11. The van der Waals surface area contributed by atoms with Gasteiger partial charge < -0.3 is 30.1 Å². The van der Waals surface area contributed by atoms with Crippen LogP contribution in [0.1, 0.15) is 18.8 Å². The molecule has 5 atom stereocenters. The Balaban J connectivity index is 2.30. The third-order valence-electron chi connectivity index (χ3n) is 3.59. The van der Waals surface area contributed by atoms with E-state index >= 15 is 0 Å². The largest absolute Gasteiger partial charge is 0.394 e. The van der Waals surface area contributed by atoms with Gasteiger partial charge in [-0.3, -0.25) is 4.79 Å². The quantitative estimate of drug-likeness (QED) is 0.597. The van der Waals surface area contributed by atoms with Crippen molar-refractivity contribution in [3.8, 4) is 0 Å². The molecule has 0 aliphatic carbocycles. The molecule has 2 rings (SSSR count). The van der Waals surface area contributed by atoms with Gasteiger partial charge in [-0.05, 0) is 19.1 Å². The van der Waals surface area contributed by atoms with Crippen LogP contribution in [0.5, 0.6) is 0 Å². The van der Waals surface area contributed by atoms with Gasteiger partial charge in [-0.1, -0.05) is 29.3 Å². The van der Waals surface area contributed by atoms with Crippen LogP contribution in [-0.2, 0) is 14.3 Å². The van der Waals surface area contributed by atoms with Crippen molar-refractivity contribution in [2.24, 2.45) is 0 Å². The molecule has 24 heavy (non-hydrogen) atoms. The van der Waals surface area contributed by atoms with Crippen LogP contribution < -0.4 is 5.32 Å². The van der Waals surface area contributed by atoms with Crippen LogP contribution in [-0.4, -0.2) is 58.8 Å². The summed E-state index contributed by atoms with van der Waals surface area (Å²) in [4.78, 5) is 12.1. The number of nitrogens with one attached hydrogen (secondary N) is 1. The Morgan fingerprint density at radius 1 is 1.33 bits per heavy atom. The Labute approximate surface area is 149 Å². The van der Waals surface area contributed by atoms with E-state index in [1.54, 1.807) is 13.0 Å². The second-order valence-electron chi connectivity index (χ2n) is 5.30. The zero-order chi connectivity index (χ0) is 17.9. The van der Waals surface area contributed by atoms with Gasteiger partial charge in [-0.15, -0.1) is 0 Å². The average molecular weight is 380 g/mol. The second kappa shape index (κ2) is 8.44. The maximum Gasteiger partial charge on any atom is 0.252 e. The van der Waals surface area contributed by atoms with E-state index in [-0.39, 0.29) is 5.02 Å². The summed E-state index contributed by atoms with van der Waals surface area (Å²) in [5.74, 6) is -0.548. The number of aliphatic hydroxyl groups is 3. The number of likely N-dealkylation sites (N-methyl/N-ethyl adjacent to an activating group) is 1. The molecule has 1 saturated heterocycles. The number of hydrogen-bond donors (Lipinski definition) is 4. The molecule has 1 aromatic rings. The molecule has 1 fully saturated rings. The SMILES string of the molecule is CCNC(=O)[C@H]1OC(c2ccc(Cl)c(Cl)c2)O[C@@H]([C@@H](O)CO)[C@H]1O. The minimum atomic E-state index is -1.45. The lowest BCUT2D eigenvalue weighted by molar-refractivity contribution is -0.299. The van der Waals surface area contributed by atoms with E-state index in [2.05, 4.69) is 5.32 Å². The van der Waals surface area contributed by atoms with Crippen LogP contribution in [0, 0.1) is 0 Å². The highest BCUT2D eigenvalue weighted by molar-refractivity contribution is 6.42. The van der Waals surface area contributed by atoms with Crippen molar-refractivity contribution in [1.29, 1.82) is 0 Å².